The molecule has 0 aliphatic heterocycles. The van der Waals surface area contributed by atoms with Crippen LogP contribution in [0.4, 0.5) is 9.18 Å². The molecule has 0 fully saturated rings. The normalized spacial score (nSPS) is 11.8. The molecule has 5 heteroatoms. The Morgan fingerprint density at radius 2 is 1.92 bits per heavy atom. The van der Waals surface area contributed by atoms with E-state index in [-0.39, 0.29) is 24.4 Å². The van der Waals surface area contributed by atoms with E-state index in [2.05, 4.69) is 10.6 Å². The van der Waals surface area contributed by atoms with Crippen LogP contribution in [0, 0.1) is 12.7 Å². The van der Waals surface area contributed by atoms with Gasteiger partial charge in [0.15, 0.2) is 0 Å². The smallest absolute Gasteiger partial charge is 0.315 e. The van der Waals surface area contributed by atoms with Gasteiger partial charge in [0.2, 0.25) is 0 Å². The van der Waals surface area contributed by atoms with Crippen LogP contribution in [0.1, 0.15) is 27.6 Å². The fraction of sp³-hybridized carbons (Fsp3) is 0.150. The van der Waals surface area contributed by atoms with E-state index in [0.717, 1.165) is 16.0 Å². The van der Waals surface area contributed by atoms with Crippen molar-refractivity contribution in [2.24, 2.45) is 0 Å². The number of carbonyl (C=O) groups excluding carboxylic acids is 1. The van der Waals surface area contributed by atoms with Crippen LogP contribution in [-0.2, 0) is 6.54 Å². The molecule has 2 aromatic carbocycles. The highest BCUT2D eigenvalue weighted by Gasteiger charge is 2.17. The molecule has 128 valence electrons. The first-order valence-corrected chi connectivity index (χ1v) is 8.89. The maximum Gasteiger partial charge on any atom is 0.315 e. The van der Waals surface area contributed by atoms with Gasteiger partial charge in [-0.15, -0.1) is 11.3 Å². The molecule has 2 N–H and O–H groups in total. The summed E-state index contributed by atoms with van der Waals surface area (Å²) in [7, 11) is 0. The molecule has 1 aromatic heterocycles. The molecule has 0 saturated carbocycles. The second kappa shape index (κ2) is 7.94. The zero-order valence-electron chi connectivity index (χ0n) is 13.8. The number of urea groups is 1. The monoisotopic (exact) mass is 354 g/mol. The van der Waals surface area contributed by atoms with Gasteiger partial charge in [-0.1, -0.05) is 48.5 Å². The lowest BCUT2D eigenvalue weighted by Gasteiger charge is -2.18. The summed E-state index contributed by atoms with van der Waals surface area (Å²) in [6.07, 6.45) is 0. The van der Waals surface area contributed by atoms with E-state index in [4.69, 9.17) is 0 Å². The van der Waals surface area contributed by atoms with Gasteiger partial charge in [-0.05, 0) is 41.1 Å². The molecular formula is C20H19FN2OS. The summed E-state index contributed by atoms with van der Waals surface area (Å²) in [6, 6.07) is 18.2. The Morgan fingerprint density at radius 3 is 2.60 bits per heavy atom. The largest absolute Gasteiger partial charge is 0.334 e. The summed E-state index contributed by atoms with van der Waals surface area (Å²) in [5.41, 5.74) is 2.34. The third-order valence-corrected chi connectivity index (χ3v) is 4.86. The number of hydrogen-bond acceptors (Lipinski definition) is 2. The summed E-state index contributed by atoms with van der Waals surface area (Å²) in [6.45, 7) is 1.99. The van der Waals surface area contributed by atoms with Gasteiger partial charge in [0.05, 0.1) is 6.04 Å². The van der Waals surface area contributed by atoms with E-state index in [1.54, 1.807) is 24.3 Å². The molecule has 3 rings (SSSR count). The topological polar surface area (TPSA) is 41.1 Å². The van der Waals surface area contributed by atoms with Crippen molar-refractivity contribution in [2.45, 2.75) is 19.5 Å². The standard InChI is InChI=1S/C20H19FN2OS/c1-14-9-10-15(12-17(14)21)13-22-20(24)23-19(18-8-5-11-25-18)16-6-3-2-4-7-16/h2-12,19H,13H2,1H3,(H2,22,23,24). The fourth-order valence-corrected chi connectivity index (χ4v) is 3.33. The molecule has 0 bridgehead atoms. The van der Waals surface area contributed by atoms with Gasteiger partial charge < -0.3 is 10.6 Å². The van der Waals surface area contributed by atoms with Crippen LogP contribution in [0.15, 0.2) is 66.0 Å². The number of benzene rings is 2. The molecule has 2 amide bonds. The summed E-state index contributed by atoms with van der Waals surface area (Å²) < 4.78 is 13.6. The van der Waals surface area contributed by atoms with E-state index >= 15 is 0 Å². The average molecular weight is 354 g/mol. The predicted octanol–water partition coefficient (Wildman–Crippen LogP) is 4.78. The minimum absolute atomic E-state index is 0.212. The summed E-state index contributed by atoms with van der Waals surface area (Å²) in [5, 5.41) is 7.78. The molecule has 3 nitrogen and oxygen atoms in total. The van der Waals surface area contributed by atoms with Crippen LogP contribution >= 0.6 is 11.3 Å². The highest BCUT2D eigenvalue weighted by Crippen LogP contribution is 2.25. The molecule has 1 heterocycles. The van der Waals surface area contributed by atoms with Gasteiger partial charge in [0.25, 0.3) is 0 Å². The predicted molar refractivity (Wildman–Crippen MR) is 99.1 cm³/mol. The van der Waals surface area contributed by atoms with Gasteiger partial charge in [-0.3, -0.25) is 0 Å². The Morgan fingerprint density at radius 1 is 1.12 bits per heavy atom. The van der Waals surface area contributed by atoms with Gasteiger partial charge in [-0.2, -0.15) is 0 Å². The summed E-state index contributed by atoms with van der Waals surface area (Å²) >= 11 is 1.59. The van der Waals surface area contributed by atoms with Crippen molar-refractivity contribution in [3.05, 3.63) is 93.4 Å². The van der Waals surface area contributed by atoms with Crippen LogP contribution in [-0.4, -0.2) is 6.03 Å². The van der Waals surface area contributed by atoms with Crippen LogP contribution in [0.3, 0.4) is 0 Å². The van der Waals surface area contributed by atoms with Crippen molar-refractivity contribution < 1.29 is 9.18 Å². The number of carbonyl (C=O) groups is 1. The average Bonchev–Trinajstić information content (AvgIpc) is 3.16. The number of aryl methyl sites for hydroxylation is 1. The number of nitrogens with one attached hydrogen (secondary N) is 2. The second-order valence-electron chi connectivity index (χ2n) is 5.77. The van der Waals surface area contributed by atoms with Gasteiger partial charge in [0, 0.05) is 11.4 Å². The van der Waals surface area contributed by atoms with Gasteiger partial charge >= 0.3 is 6.03 Å². The highest BCUT2D eigenvalue weighted by atomic mass is 32.1. The Balaban J connectivity index is 1.67. The Hall–Kier alpha value is -2.66. The van der Waals surface area contributed by atoms with Crippen molar-refractivity contribution in [1.82, 2.24) is 10.6 Å². The lowest BCUT2D eigenvalue weighted by molar-refractivity contribution is 0.238. The van der Waals surface area contributed by atoms with E-state index in [1.165, 1.54) is 6.07 Å². The zero-order valence-corrected chi connectivity index (χ0v) is 14.6. The first kappa shape index (κ1) is 17.2. The maximum atomic E-state index is 13.6. The van der Waals surface area contributed by atoms with Crippen LogP contribution in [0.25, 0.3) is 0 Å². The molecule has 0 saturated heterocycles. The third-order valence-electron chi connectivity index (χ3n) is 3.93. The van der Waals surface area contributed by atoms with Crippen LogP contribution < -0.4 is 10.6 Å². The number of hydrogen-bond donors (Lipinski definition) is 2. The minimum atomic E-state index is -0.289. The lowest BCUT2D eigenvalue weighted by atomic mass is 10.1. The van der Waals surface area contributed by atoms with Crippen molar-refractivity contribution >= 4 is 17.4 Å². The van der Waals surface area contributed by atoms with E-state index < -0.39 is 0 Å². The maximum absolute atomic E-state index is 13.6. The minimum Gasteiger partial charge on any atom is -0.334 e. The van der Waals surface area contributed by atoms with Crippen LogP contribution in [0.5, 0.6) is 0 Å². The quantitative estimate of drug-likeness (QED) is 0.680. The number of halogens is 1. The lowest BCUT2D eigenvalue weighted by Crippen LogP contribution is -2.37. The Kier molecular flexibility index (Phi) is 5.46. The SMILES string of the molecule is Cc1ccc(CNC(=O)NC(c2ccccc2)c2cccs2)cc1F. The first-order valence-electron chi connectivity index (χ1n) is 8.01. The highest BCUT2D eigenvalue weighted by molar-refractivity contribution is 7.10. The van der Waals surface area contributed by atoms with Gasteiger partial charge in [0.1, 0.15) is 5.82 Å². The molecule has 3 aromatic rings. The molecule has 1 atom stereocenters. The van der Waals surface area contributed by atoms with Gasteiger partial charge in [-0.25, -0.2) is 9.18 Å². The molecule has 0 aliphatic carbocycles. The fourth-order valence-electron chi connectivity index (χ4n) is 2.53. The zero-order chi connectivity index (χ0) is 17.6. The molecule has 25 heavy (non-hydrogen) atoms. The molecule has 0 radical (unpaired) electrons. The second-order valence-corrected chi connectivity index (χ2v) is 6.75. The van der Waals surface area contributed by atoms with E-state index in [0.29, 0.717) is 5.56 Å². The Bertz CT molecular complexity index is 834. The number of amides is 2. The number of thiophene rings is 1. The molecule has 1 unspecified atom stereocenters. The number of rotatable bonds is 5. The van der Waals surface area contributed by atoms with Crippen molar-refractivity contribution in [3.8, 4) is 0 Å². The molecule has 0 spiro atoms. The van der Waals surface area contributed by atoms with E-state index in [1.807, 2.05) is 53.9 Å². The molecular weight excluding hydrogens is 335 g/mol. The Labute approximate surface area is 150 Å². The van der Waals surface area contributed by atoms with Crippen molar-refractivity contribution in [3.63, 3.8) is 0 Å². The van der Waals surface area contributed by atoms with Crippen molar-refractivity contribution in [2.75, 3.05) is 0 Å². The van der Waals surface area contributed by atoms with Crippen molar-refractivity contribution in [1.29, 1.82) is 0 Å². The third kappa shape index (κ3) is 4.45. The summed E-state index contributed by atoms with van der Waals surface area (Å²) in [4.78, 5) is 13.4. The summed E-state index contributed by atoms with van der Waals surface area (Å²) in [5.74, 6) is -0.263. The van der Waals surface area contributed by atoms with Crippen LogP contribution in [0.2, 0.25) is 0 Å². The first-order chi connectivity index (χ1) is 12.1. The van der Waals surface area contributed by atoms with E-state index in [9.17, 15) is 9.18 Å². The molecule has 0 aliphatic rings.